The summed E-state index contributed by atoms with van der Waals surface area (Å²) in [6.07, 6.45) is 1.04. The summed E-state index contributed by atoms with van der Waals surface area (Å²) in [7, 11) is 5.49. The second kappa shape index (κ2) is 16.9. The molecular weight excluding hydrogens is 459 g/mol. The molecule has 1 aromatic carbocycles. The molecule has 0 unspecified atom stereocenters. The Morgan fingerprint density at radius 3 is 2.59 bits per heavy atom. The molecule has 2 N–H and O–H groups in total. The van der Waals surface area contributed by atoms with Gasteiger partial charge in [-0.2, -0.15) is 0 Å². The Bertz CT molecular complexity index is 517. The number of hydrogen-bond donors (Lipinski definition) is 2. The van der Waals surface area contributed by atoms with Gasteiger partial charge in [0.05, 0.1) is 20.2 Å². The van der Waals surface area contributed by atoms with Crippen molar-refractivity contribution >= 4 is 29.9 Å². The average Bonchev–Trinajstić information content (AvgIpc) is 2.65. The van der Waals surface area contributed by atoms with Gasteiger partial charge >= 0.3 is 0 Å². The number of ether oxygens (including phenoxy) is 3. The number of nitrogens with zero attached hydrogens (tertiary/aromatic N) is 2. The minimum Gasteiger partial charge on any atom is -0.497 e. The van der Waals surface area contributed by atoms with Crippen molar-refractivity contribution in [3.05, 3.63) is 24.3 Å². The molecule has 0 aliphatic rings. The monoisotopic (exact) mass is 494 g/mol. The normalized spacial score (nSPS) is 11.1. The van der Waals surface area contributed by atoms with Crippen LogP contribution in [0.4, 0.5) is 0 Å². The lowest BCUT2D eigenvalue weighted by molar-refractivity contribution is 0.180. The molecule has 156 valence electrons. The van der Waals surface area contributed by atoms with Crippen LogP contribution in [0.5, 0.6) is 11.5 Å². The quantitative estimate of drug-likeness (QED) is 0.190. The van der Waals surface area contributed by atoms with E-state index in [1.54, 1.807) is 14.2 Å². The van der Waals surface area contributed by atoms with Crippen molar-refractivity contribution in [1.29, 1.82) is 0 Å². The van der Waals surface area contributed by atoms with Crippen LogP contribution in [-0.2, 0) is 4.74 Å². The van der Waals surface area contributed by atoms with Crippen molar-refractivity contribution in [3.63, 3.8) is 0 Å². The second-order valence-corrected chi connectivity index (χ2v) is 5.86. The SMILES string of the molecule is CCNC(=NCCN(C)CCCOC)NCCOc1cccc(OC)c1.I. The third-order valence-corrected chi connectivity index (χ3v) is 3.69. The van der Waals surface area contributed by atoms with Gasteiger partial charge in [0.1, 0.15) is 18.1 Å². The summed E-state index contributed by atoms with van der Waals surface area (Å²) in [4.78, 5) is 6.86. The number of rotatable bonds is 13. The van der Waals surface area contributed by atoms with Crippen LogP contribution in [0, 0.1) is 0 Å². The molecule has 1 aromatic rings. The molecule has 0 bridgehead atoms. The van der Waals surface area contributed by atoms with E-state index in [1.165, 1.54) is 0 Å². The second-order valence-electron chi connectivity index (χ2n) is 5.86. The van der Waals surface area contributed by atoms with Gasteiger partial charge < -0.3 is 29.7 Å². The maximum Gasteiger partial charge on any atom is 0.191 e. The first-order valence-corrected chi connectivity index (χ1v) is 9.16. The maximum atomic E-state index is 5.73. The van der Waals surface area contributed by atoms with Crippen LogP contribution in [0.15, 0.2) is 29.3 Å². The molecule has 0 aromatic heterocycles. The smallest absolute Gasteiger partial charge is 0.191 e. The van der Waals surface area contributed by atoms with Crippen LogP contribution in [0.2, 0.25) is 0 Å². The highest BCUT2D eigenvalue weighted by atomic mass is 127. The number of likely N-dealkylation sites (N-methyl/N-ethyl adjacent to an activating group) is 1. The van der Waals surface area contributed by atoms with E-state index in [0.717, 1.165) is 56.7 Å². The van der Waals surface area contributed by atoms with Gasteiger partial charge in [0.25, 0.3) is 0 Å². The fourth-order valence-corrected chi connectivity index (χ4v) is 2.29. The predicted octanol–water partition coefficient (Wildman–Crippen LogP) is 2.22. The third kappa shape index (κ3) is 12.7. The molecule has 0 heterocycles. The molecule has 0 aliphatic heterocycles. The lowest BCUT2D eigenvalue weighted by Crippen LogP contribution is -2.39. The standard InChI is InChI=1S/C19H34N4O3.HI/c1-5-20-19(21-10-13-23(2)12-7-14-24-3)22-11-15-26-18-9-6-8-17(16-18)25-4;/h6,8-9,16H,5,7,10-15H2,1-4H3,(H2,20,21,22);1H. The highest BCUT2D eigenvalue weighted by Crippen LogP contribution is 2.18. The van der Waals surface area contributed by atoms with E-state index in [9.17, 15) is 0 Å². The van der Waals surface area contributed by atoms with Crippen LogP contribution in [0.1, 0.15) is 13.3 Å². The van der Waals surface area contributed by atoms with E-state index in [0.29, 0.717) is 13.2 Å². The Labute approximate surface area is 180 Å². The molecule has 27 heavy (non-hydrogen) atoms. The molecule has 0 aliphatic carbocycles. The van der Waals surface area contributed by atoms with Crippen molar-refractivity contribution in [3.8, 4) is 11.5 Å². The van der Waals surface area contributed by atoms with Crippen LogP contribution in [0.25, 0.3) is 0 Å². The zero-order chi connectivity index (χ0) is 19.0. The highest BCUT2D eigenvalue weighted by molar-refractivity contribution is 14.0. The summed E-state index contributed by atoms with van der Waals surface area (Å²) in [5.74, 6) is 2.40. The van der Waals surface area contributed by atoms with Crippen LogP contribution < -0.4 is 20.1 Å². The van der Waals surface area contributed by atoms with Gasteiger partial charge in [0.15, 0.2) is 5.96 Å². The van der Waals surface area contributed by atoms with Crippen LogP contribution in [0.3, 0.4) is 0 Å². The molecule has 0 radical (unpaired) electrons. The van der Waals surface area contributed by atoms with Gasteiger partial charge in [-0.15, -0.1) is 24.0 Å². The minimum atomic E-state index is 0. The number of benzene rings is 1. The van der Waals surface area contributed by atoms with Crippen molar-refractivity contribution in [2.45, 2.75) is 13.3 Å². The largest absolute Gasteiger partial charge is 0.497 e. The first kappa shape index (κ1) is 25.7. The molecule has 1 rings (SSSR count). The molecule has 0 saturated heterocycles. The van der Waals surface area contributed by atoms with Gasteiger partial charge in [-0.25, -0.2) is 0 Å². The first-order valence-electron chi connectivity index (χ1n) is 9.16. The van der Waals surface area contributed by atoms with E-state index in [2.05, 4.69) is 34.5 Å². The van der Waals surface area contributed by atoms with E-state index in [-0.39, 0.29) is 24.0 Å². The highest BCUT2D eigenvalue weighted by Gasteiger charge is 2.01. The molecule has 0 atom stereocenters. The molecule has 0 saturated carbocycles. The number of nitrogens with one attached hydrogen (secondary N) is 2. The van der Waals surface area contributed by atoms with Gasteiger partial charge in [0.2, 0.25) is 0 Å². The Balaban J connectivity index is 0.00000676. The van der Waals surface area contributed by atoms with Crippen molar-refractivity contribution in [2.75, 3.05) is 67.2 Å². The Hall–Kier alpha value is -1.26. The first-order chi connectivity index (χ1) is 12.7. The lowest BCUT2D eigenvalue weighted by Gasteiger charge is -2.16. The maximum absolute atomic E-state index is 5.73. The van der Waals surface area contributed by atoms with Gasteiger partial charge in [-0.3, -0.25) is 4.99 Å². The molecule has 0 amide bonds. The van der Waals surface area contributed by atoms with E-state index in [4.69, 9.17) is 14.2 Å². The number of aliphatic imine (C=N–C) groups is 1. The third-order valence-electron chi connectivity index (χ3n) is 3.69. The zero-order valence-electron chi connectivity index (χ0n) is 17.0. The molecule has 7 nitrogen and oxygen atoms in total. The molecule has 8 heteroatoms. The average molecular weight is 494 g/mol. The van der Waals surface area contributed by atoms with Gasteiger partial charge in [0, 0.05) is 39.4 Å². The summed E-state index contributed by atoms with van der Waals surface area (Å²) in [6, 6.07) is 7.60. The fourth-order valence-electron chi connectivity index (χ4n) is 2.29. The number of guanidine groups is 1. The molecular formula is C19H35IN4O3. The van der Waals surface area contributed by atoms with E-state index >= 15 is 0 Å². The topological polar surface area (TPSA) is 67.4 Å². The van der Waals surface area contributed by atoms with Gasteiger partial charge in [-0.05, 0) is 32.5 Å². The fraction of sp³-hybridized carbons (Fsp3) is 0.632. The minimum absolute atomic E-state index is 0. The summed E-state index contributed by atoms with van der Waals surface area (Å²) < 4.78 is 16.0. The molecule has 0 fully saturated rings. The van der Waals surface area contributed by atoms with Crippen molar-refractivity contribution in [1.82, 2.24) is 15.5 Å². The predicted molar refractivity (Wildman–Crippen MR) is 122 cm³/mol. The van der Waals surface area contributed by atoms with Crippen molar-refractivity contribution < 1.29 is 14.2 Å². The number of methoxy groups -OCH3 is 2. The van der Waals surface area contributed by atoms with Crippen LogP contribution in [-0.4, -0.2) is 78.1 Å². The van der Waals surface area contributed by atoms with Crippen LogP contribution >= 0.6 is 24.0 Å². The molecule has 0 spiro atoms. The number of halogens is 1. The Kier molecular flexibility index (Phi) is 16.1. The summed E-state index contributed by atoms with van der Waals surface area (Å²) in [5.41, 5.74) is 0. The zero-order valence-corrected chi connectivity index (χ0v) is 19.3. The van der Waals surface area contributed by atoms with Crippen molar-refractivity contribution in [2.24, 2.45) is 4.99 Å². The Morgan fingerprint density at radius 1 is 1.11 bits per heavy atom. The van der Waals surface area contributed by atoms with Gasteiger partial charge in [-0.1, -0.05) is 6.07 Å². The van der Waals surface area contributed by atoms with E-state index < -0.39 is 0 Å². The van der Waals surface area contributed by atoms with E-state index in [1.807, 2.05) is 24.3 Å². The summed E-state index contributed by atoms with van der Waals surface area (Å²) >= 11 is 0. The lowest BCUT2D eigenvalue weighted by atomic mass is 10.3. The summed E-state index contributed by atoms with van der Waals surface area (Å²) in [6.45, 7) is 7.58. The summed E-state index contributed by atoms with van der Waals surface area (Å²) in [5, 5.41) is 6.54. The Morgan fingerprint density at radius 2 is 1.89 bits per heavy atom. The number of hydrogen-bond acceptors (Lipinski definition) is 5.